The van der Waals surface area contributed by atoms with E-state index < -0.39 is 4.93 Å². The average molecular weight is 585 g/mol. The Morgan fingerprint density at radius 3 is 1.55 bits per heavy atom. The van der Waals surface area contributed by atoms with Crippen molar-refractivity contribution in [2.24, 2.45) is 0 Å². The predicted molar refractivity (Wildman–Crippen MR) is 168 cm³/mol. The van der Waals surface area contributed by atoms with Crippen LogP contribution >= 0.6 is 11.8 Å². The SMILES string of the molecule is CCS[C@@]1(COCc2ccccc2)O[C@H](COCc2ccccc2)[C@@H](OCc2ccccc2)[C@@H]1OCc1ccccc1. The second kappa shape index (κ2) is 16.0. The lowest BCUT2D eigenvalue weighted by molar-refractivity contribution is -0.104. The fraction of sp³-hybridized carbons (Fsp3) is 0.333. The van der Waals surface area contributed by atoms with E-state index in [1.54, 1.807) is 11.8 Å². The Bertz CT molecular complexity index is 1290. The lowest BCUT2D eigenvalue weighted by atomic mass is 10.1. The maximum atomic E-state index is 6.93. The largest absolute Gasteiger partial charge is 0.374 e. The molecule has 4 aromatic carbocycles. The molecule has 1 aliphatic heterocycles. The van der Waals surface area contributed by atoms with Crippen molar-refractivity contribution in [1.82, 2.24) is 0 Å². The van der Waals surface area contributed by atoms with Gasteiger partial charge in [0.25, 0.3) is 0 Å². The van der Waals surface area contributed by atoms with Gasteiger partial charge in [-0.15, -0.1) is 11.8 Å². The maximum absolute atomic E-state index is 6.93. The smallest absolute Gasteiger partial charge is 0.166 e. The van der Waals surface area contributed by atoms with Crippen molar-refractivity contribution in [2.45, 2.75) is 56.6 Å². The standard InChI is InChI=1S/C36H40O5S/c1-2-42-36(28-38-24-30-17-9-4-10-18-30)35(40-26-32-21-13-6-14-22-32)34(39-25-31-19-11-5-12-20-31)33(41-36)27-37-23-29-15-7-3-8-16-29/h3-22,33-35H,2,23-28H2,1H3/t33-,34-,35+,36-/m1/s1. The highest BCUT2D eigenvalue weighted by molar-refractivity contribution is 8.00. The summed E-state index contributed by atoms with van der Waals surface area (Å²) in [5.74, 6) is 0.836. The van der Waals surface area contributed by atoms with Crippen LogP contribution in [0.25, 0.3) is 0 Å². The van der Waals surface area contributed by atoms with Crippen molar-refractivity contribution < 1.29 is 23.7 Å². The van der Waals surface area contributed by atoms with Crippen molar-refractivity contribution in [3.63, 3.8) is 0 Å². The highest BCUT2D eigenvalue weighted by Crippen LogP contribution is 2.44. The van der Waals surface area contributed by atoms with Gasteiger partial charge in [-0.05, 0) is 28.0 Å². The first-order valence-electron chi connectivity index (χ1n) is 14.6. The minimum absolute atomic E-state index is 0.336. The van der Waals surface area contributed by atoms with E-state index in [1.807, 2.05) is 72.8 Å². The second-order valence-corrected chi connectivity index (χ2v) is 11.9. The molecule has 6 heteroatoms. The Labute approximate surface area is 254 Å². The van der Waals surface area contributed by atoms with Gasteiger partial charge in [-0.25, -0.2) is 0 Å². The number of hydrogen-bond acceptors (Lipinski definition) is 6. The highest BCUT2D eigenvalue weighted by Gasteiger charge is 2.57. The van der Waals surface area contributed by atoms with E-state index in [9.17, 15) is 0 Å². The molecule has 0 unspecified atom stereocenters. The van der Waals surface area contributed by atoms with Gasteiger partial charge in [-0.1, -0.05) is 128 Å². The molecular weight excluding hydrogens is 544 g/mol. The average Bonchev–Trinajstić information content (AvgIpc) is 3.32. The molecule has 220 valence electrons. The summed E-state index contributed by atoms with van der Waals surface area (Å²) in [4.78, 5) is -0.763. The van der Waals surface area contributed by atoms with E-state index >= 15 is 0 Å². The fourth-order valence-electron chi connectivity index (χ4n) is 5.18. The van der Waals surface area contributed by atoms with Crippen LogP contribution in [0.3, 0.4) is 0 Å². The molecule has 4 aromatic rings. The fourth-order valence-corrected chi connectivity index (χ4v) is 6.39. The normalized spacial score (nSPS) is 21.9. The van der Waals surface area contributed by atoms with Crippen LogP contribution in [0.1, 0.15) is 29.2 Å². The van der Waals surface area contributed by atoms with Crippen molar-refractivity contribution in [3.8, 4) is 0 Å². The topological polar surface area (TPSA) is 46.2 Å². The van der Waals surface area contributed by atoms with E-state index in [4.69, 9.17) is 23.7 Å². The molecule has 5 rings (SSSR count). The van der Waals surface area contributed by atoms with Gasteiger partial charge in [0, 0.05) is 0 Å². The Morgan fingerprint density at radius 1 is 0.595 bits per heavy atom. The molecule has 0 bridgehead atoms. The van der Waals surface area contributed by atoms with E-state index in [0.717, 1.165) is 28.0 Å². The summed E-state index contributed by atoms with van der Waals surface area (Å²) in [6, 6.07) is 40.9. The minimum Gasteiger partial charge on any atom is -0.374 e. The van der Waals surface area contributed by atoms with Crippen LogP contribution in [0.4, 0.5) is 0 Å². The Morgan fingerprint density at radius 2 is 1.05 bits per heavy atom. The molecule has 0 radical (unpaired) electrons. The molecule has 42 heavy (non-hydrogen) atoms. The molecule has 1 aliphatic rings. The van der Waals surface area contributed by atoms with E-state index in [0.29, 0.717) is 39.6 Å². The number of benzene rings is 4. The van der Waals surface area contributed by atoms with E-state index in [-0.39, 0.29) is 18.3 Å². The van der Waals surface area contributed by atoms with Crippen molar-refractivity contribution in [1.29, 1.82) is 0 Å². The minimum atomic E-state index is -0.763. The summed E-state index contributed by atoms with van der Waals surface area (Å²) in [7, 11) is 0. The quantitative estimate of drug-likeness (QED) is 0.136. The summed E-state index contributed by atoms with van der Waals surface area (Å²) in [6.45, 7) is 4.77. The zero-order valence-electron chi connectivity index (χ0n) is 24.2. The first-order valence-corrected chi connectivity index (χ1v) is 15.6. The van der Waals surface area contributed by atoms with Gasteiger partial charge in [0.2, 0.25) is 0 Å². The molecular formula is C36H40O5S. The van der Waals surface area contributed by atoms with Gasteiger partial charge in [0.15, 0.2) is 4.93 Å². The monoisotopic (exact) mass is 584 g/mol. The van der Waals surface area contributed by atoms with Gasteiger partial charge in [-0.2, -0.15) is 0 Å². The maximum Gasteiger partial charge on any atom is 0.166 e. The van der Waals surface area contributed by atoms with E-state index in [2.05, 4.69) is 55.5 Å². The summed E-state index contributed by atoms with van der Waals surface area (Å²) >= 11 is 1.72. The Kier molecular flexibility index (Phi) is 11.6. The third-order valence-electron chi connectivity index (χ3n) is 7.20. The molecule has 1 heterocycles. The first kappa shape index (κ1) is 30.5. The first-order chi connectivity index (χ1) is 20.8. The highest BCUT2D eigenvalue weighted by atomic mass is 32.2. The number of rotatable bonds is 16. The van der Waals surface area contributed by atoms with Gasteiger partial charge in [-0.3, -0.25) is 0 Å². The lowest BCUT2D eigenvalue weighted by Crippen LogP contribution is -2.47. The predicted octanol–water partition coefficient (Wildman–Crippen LogP) is 7.44. The molecule has 5 nitrogen and oxygen atoms in total. The molecule has 0 amide bonds. The zero-order valence-corrected chi connectivity index (χ0v) is 25.0. The second-order valence-electron chi connectivity index (χ2n) is 10.4. The molecule has 0 spiro atoms. The molecule has 1 fully saturated rings. The van der Waals surface area contributed by atoms with Gasteiger partial charge < -0.3 is 23.7 Å². The van der Waals surface area contributed by atoms with Crippen LogP contribution < -0.4 is 0 Å². The molecule has 4 atom stereocenters. The summed E-state index contributed by atoms with van der Waals surface area (Å²) in [5.41, 5.74) is 4.44. The Balaban J connectivity index is 1.38. The number of hydrogen-bond donors (Lipinski definition) is 0. The molecule has 0 N–H and O–H groups in total. The Hall–Kier alpha value is -2.97. The summed E-state index contributed by atoms with van der Waals surface area (Å²) in [5, 5.41) is 0. The lowest BCUT2D eigenvalue weighted by Gasteiger charge is -2.34. The number of ether oxygens (including phenoxy) is 5. The van der Waals surface area contributed by atoms with Crippen LogP contribution in [0, 0.1) is 0 Å². The zero-order chi connectivity index (χ0) is 28.9. The van der Waals surface area contributed by atoms with Crippen LogP contribution in [-0.2, 0) is 50.1 Å². The van der Waals surface area contributed by atoms with Crippen molar-refractivity contribution in [2.75, 3.05) is 19.0 Å². The van der Waals surface area contributed by atoms with Crippen LogP contribution in [0.15, 0.2) is 121 Å². The number of thioether (sulfide) groups is 1. The van der Waals surface area contributed by atoms with Gasteiger partial charge >= 0.3 is 0 Å². The van der Waals surface area contributed by atoms with E-state index in [1.165, 1.54) is 0 Å². The summed E-state index contributed by atoms with van der Waals surface area (Å²) in [6.07, 6.45) is -1.07. The van der Waals surface area contributed by atoms with Crippen LogP contribution in [-0.4, -0.2) is 42.2 Å². The van der Waals surface area contributed by atoms with Gasteiger partial charge in [0.1, 0.15) is 18.3 Å². The third kappa shape index (κ3) is 8.54. The molecule has 1 saturated heterocycles. The molecule has 0 saturated carbocycles. The molecule has 0 aromatic heterocycles. The summed E-state index contributed by atoms with van der Waals surface area (Å²) < 4.78 is 32.9. The van der Waals surface area contributed by atoms with Crippen molar-refractivity contribution in [3.05, 3.63) is 144 Å². The van der Waals surface area contributed by atoms with Crippen molar-refractivity contribution >= 4 is 11.8 Å². The van der Waals surface area contributed by atoms with Crippen LogP contribution in [0.5, 0.6) is 0 Å². The van der Waals surface area contributed by atoms with Gasteiger partial charge in [0.05, 0.1) is 39.6 Å². The third-order valence-corrected chi connectivity index (χ3v) is 8.43. The van der Waals surface area contributed by atoms with Crippen LogP contribution in [0.2, 0.25) is 0 Å². The molecule has 0 aliphatic carbocycles.